The Labute approximate surface area is 206 Å². The largest absolute Gasteiger partial charge is 0.493 e. The van der Waals surface area contributed by atoms with Crippen LogP contribution in [0.15, 0.2) is 46.9 Å². The molecule has 0 spiro atoms. The van der Waals surface area contributed by atoms with Crippen molar-refractivity contribution in [2.75, 3.05) is 20.8 Å². The van der Waals surface area contributed by atoms with Gasteiger partial charge in [0.1, 0.15) is 5.75 Å². The Kier molecular flexibility index (Phi) is 10.1. The molecule has 176 valence electrons. The van der Waals surface area contributed by atoms with Gasteiger partial charge in [-0.15, -0.1) is 0 Å². The Balaban J connectivity index is 1.77. The summed E-state index contributed by atoms with van der Waals surface area (Å²) in [6, 6.07) is 10.9. The number of hydrogen-bond donors (Lipinski definition) is 3. The summed E-state index contributed by atoms with van der Waals surface area (Å²) in [7, 11) is 3.07. The average molecular weight is 536 g/mol. The SMILES string of the molecule is COc1ccc(C=CC(=O)NC(=S)NNC(=O)COc2ccc(C(C)C)cc2Br)cc1OC. The normalized spacial score (nSPS) is 10.6. The summed E-state index contributed by atoms with van der Waals surface area (Å²) >= 11 is 8.45. The maximum absolute atomic E-state index is 12.0. The van der Waals surface area contributed by atoms with Crippen molar-refractivity contribution in [1.29, 1.82) is 0 Å². The zero-order chi connectivity index (χ0) is 24.4. The molecule has 2 amide bonds. The standard InChI is InChI=1S/C23H26BrN3O5S/c1-14(2)16-7-9-18(17(24)12-16)32-13-22(29)26-27-23(33)25-21(28)10-6-15-5-8-19(30-3)20(11-15)31-4/h5-12,14H,13H2,1-4H3,(H,26,29)(H2,25,27,28,33). The highest BCUT2D eigenvalue weighted by atomic mass is 79.9. The van der Waals surface area contributed by atoms with Gasteiger partial charge in [-0.1, -0.05) is 26.0 Å². The number of methoxy groups -OCH3 is 2. The molecule has 0 radical (unpaired) electrons. The van der Waals surface area contributed by atoms with Crippen LogP contribution in [0.1, 0.15) is 30.9 Å². The molecule has 0 saturated heterocycles. The summed E-state index contributed by atoms with van der Waals surface area (Å²) in [4.78, 5) is 24.0. The van der Waals surface area contributed by atoms with E-state index in [1.165, 1.54) is 13.2 Å². The predicted molar refractivity (Wildman–Crippen MR) is 134 cm³/mol. The van der Waals surface area contributed by atoms with Crippen molar-refractivity contribution in [3.05, 3.63) is 58.1 Å². The summed E-state index contributed by atoms with van der Waals surface area (Å²) in [6.07, 6.45) is 2.90. The lowest BCUT2D eigenvalue weighted by Gasteiger charge is -2.12. The number of hydrazine groups is 1. The number of carbonyl (C=O) groups is 2. The van der Waals surface area contributed by atoms with Gasteiger partial charge in [-0.3, -0.25) is 25.8 Å². The van der Waals surface area contributed by atoms with Gasteiger partial charge in [0.2, 0.25) is 5.91 Å². The fourth-order valence-electron chi connectivity index (χ4n) is 2.61. The van der Waals surface area contributed by atoms with Crippen molar-refractivity contribution in [2.24, 2.45) is 0 Å². The van der Waals surface area contributed by atoms with Crippen LogP contribution in [0.5, 0.6) is 17.2 Å². The number of amides is 2. The Morgan fingerprint density at radius 2 is 1.73 bits per heavy atom. The molecule has 0 aliphatic rings. The molecule has 0 saturated carbocycles. The van der Waals surface area contributed by atoms with Crippen LogP contribution in [-0.2, 0) is 9.59 Å². The molecule has 2 rings (SSSR count). The molecule has 0 fully saturated rings. The predicted octanol–water partition coefficient (Wildman–Crippen LogP) is 3.70. The van der Waals surface area contributed by atoms with E-state index in [1.54, 1.807) is 37.5 Å². The number of rotatable bonds is 8. The zero-order valence-electron chi connectivity index (χ0n) is 18.7. The minimum atomic E-state index is -0.470. The van der Waals surface area contributed by atoms with Gasteiger partial charge in [0.15, 0.2) is 23.2 Å². The molecule has 33 heavy (non-hydrogen) atoms. The molecule has 0 aliphatic carbocycles. The lowest BCUT2D eigenvalue weighted by molar-refractivity contribution is -0.123. The van der Waals surface area contributed by atoms with E-state index in [0.717, 1.165) is 15.6 Å². The van der Waals surface area contributed by atoms with Crippen molar-refractivity contribution in [3.63, 3.8) is 0 Å². The first-order chi connectivity index (χ1) is 15.7. The lowest BCUT2D eigenvalue weighted by Crippen LogP contribution is -2.49. The van der Waals surface area contributed by atoms with Crippen molar-refractivity contribution >= 4 is 51.2 Å². The summed E-state index contributed by atoms with van der Waals surface area (Å²) in [5.74, 6) is 1.13. The van der Waals surface area contributed by atoms with Gasteiger partial charge in [-0.25, -0.2) is 0 Å². The van der Waals surface area contributed by atoms with E-state index in [0.29, 0.717) is 23.2 Å². The Bertz CT molecular complexity index is 1040. The fourth-order valence-corrected chi connectivity index (χ4v) is 3.27. The highest BCUT2D eigenvalue weighted by Gasteiger charge is 2.09. The number of nitrogens with one attached hydrogen (secondary N) is 3. The summed E-state index contributed by atoms with van der Waals surface area (Å²) in [6.45, 7) is 3.95. The van der Waals surface area contributed by atoms with Crippen molar-refractivity contribution in [1.82, 2.24) is 16.2 Å². The lowest BCUT2D eigenvalue weighted by atomic mass is 10.0. The monoisotopic (exact) mass is 535 g/mol. The van der Waals surface area contributed by atoms with Gasteiger partial charge in [-0.2, -0.15) is 0 Å². The number of thiocarbonyl (C=S) groups is 1. The molecular formula is C23H26BrN3O5S. The van der Waals surface area contributed by atoms with E-state index < -0.39 is 11.8 Å². The van der Waals surface area contributed by atoms with Crippen LogP contribution in [0.3, 0.4) is 0 Å². The third-order valence-electron chi connectivity index (χ3n) is 4.37. The number of halogens is 1. The topological polar surface area (TPSA) is 97.9 Å². The summed E-state index contributed by atoms with van der Waals surface area (Å²) in [5.41, 5.74) is 6.72. The minimum Gasteiger partial charge on any atom is -0.493 e. The Morgan fingerprint density at radius 3 is 2.36 bits per heavy atom. The Hall–Kier alpha value is -3.11. The van der Waals surface area contributed by atoms with Gasteiger partial charge >= 0.3 is 0 Å². The van der Waals surface area contributed by atoms with E-state index in [9.17, 15) is 9.59 Å². The van der Waals surface area contributed by atoms with E-state index >= 15 is 0 Å². The molecule has 0 aromatic heterocycles. The van der Waals surface area contributed by atoms with Crippen LogP contribution in [0.4, 0.5) is 0 Å². The number of benzene rings is 2. The van der Waals surface area contributed by atoms with E-state index in [2.05, 4.69) is 45.9 Å². The molecule has 0 heterocycles. The maximum atomic E-state index is 12.0. The molecule has 10 heteroatoms. The number of carbonyl (C=O) groups excluding carboxylic acids is 2. The van der Waals surface area contributed by atoms with Crippen molar-refractivity contribution < 1.29 is 23.8 Å². The van der Waals surface area contributed by atoms with Crippen LogP contribution >= 0.6 is 28.1 Å². The first-order valence-corrected chi connectivity index (χ1v) is 11.2. The second kappa shape index (κ2) is 12.8. The zero-order valence-corrected chi connectivity index (χ0v) is 21.1. The smallest absolute Gasteiger partial charge is 0.276 e. The van der Waals surface area contributed by atoms with Crippen LogP contribution in [0.25, 0.3) is 6.08 Å². The third kappa shape index (κ3) is 8.39. The quantitative estimate of drug-likeness (QED) is 0.269. The first-order valence-electron chi connectivity index (χ1n) is 9.95. The van der Waals surface area contributed by atoms with Gasteiger partial charge in [0.25, 0.3) is 5.91 Å². The maximum Gasteiger partial charge on any atom is 0.276 e. The van der Waals surface area contributed by atoms with Gasteiger partial charge in [-0.05, 0) is 75.5 Å². The Morgan fingerprint density at radius 1 is 1.03 bits per heavy atom. The highest BCUT2D eigenvalue weighted by molar-refractivity contribution is 9.10. The van der Waals surface area contributed by atoms with Gasteiger partial charge in [0, 0.05) is 6.08 Å². The first kappa shape index (κ1) is 26.1. The molecule has 2 aromatic carbocycles. The number of hydrogen-bond acceptors (Lipinski definition) is 6. The van der Waals surface area contributed by atoms with Crippen LogP contribution in [0, 0.1) is 0 Å². The van der Waals surface area contributed by atoms with E-state index in [4.69, 9.17) is 26.4 Å². The summed E-state index contributed by atoms with van der Waals surface area (Å²) < 4.78 is 16.7. The minimum absolute atomic E-state index is 0.0622. The molecule has 2 aromatic rings. The third-order valence-corrected chi connectivity index (χ3v) is 5.19. The highest BCUT2D eigenvalue weighted by Crippen LogP contribution is 2.29. The molecular weight excluding hydrogens is 510 g/mol. The van der Waals surface area contributed by atoms with Gasteiger partial charge in [0.05, 0.1) is 18.7 Å². The van der Waals surface area contributed by atoms with Crippen molar-refractivity contribution in [2.45, 2.75) is 19.8 Å². The molecule has 0 bridgehead atoms. The molecule has 8 nitrogen and oxygen atoms in total. The van der Waals surface area contributed by atoms with Crippen LogP contribution in [0.2, 0.25) is 0 Å². The van der Waals surface area contributed by atoms with Gasteiger partial charge < -0.3 is 14.2 Å². The van der Waals surface area contributed by atoms with E-state index in [-0.39, 0.29) is 11.7 Å². The summed E-state index contributed by atoms with van der Waals surface area (Å²) in [5, 5.41) is 2.37. The average Bonchev–Trinajstić information content (AvgIpc) is 2.80. The second-order valence-electron chi connectivity index (χ2n) is 7.07. The van der Waals surface area contributed by atoms with Crippen molar-refractivity contribution in [3.8, 4) is 17.2 Å². The molecule has 0 atom stereocenters. The molecule has 0 unspecified atom stereocenters. The van der Waals surface area contributed by atoms with Crippen LogP contribution in [-0.4, -0.2) is 37.8 Å². The molecule has 3 N–H and O–H groups in total. The van der Waals surface area contributed by atoms with Crippen LogP contribution < -0.4 is 30.4 Å². The molecule has 0 aliphatic heterocycles. The fraction of sp³-hybridized carbons (Fsp3) is 0.261. The van der Waals surface area contributed by atoms with E-state index in [1.807, 2.05) is 12.1 Å². The second-order valence-corrected chi connectivity index (χ2v) is 8.34. The number of ether oxygens (including phenoxy) is 3.